The zero-order chi connectivity index (χ0) is 22.4. The van der Waals surface area contributed by atoms with Gasteiger partial charge in [-0.1, -0.05) is 43.0 Å². The molecule has 7 heteroatoms. The molecule has 0 aliphatic rings. The van der Waals surface area contributed by atoms with Crippen LogP contribution in [0.2, 0.25) is 0 Å². The van der Waals surface area contributed by atoms with Crippen molar-refractivity contribution in [2.24, 2.45) is 0 Å². The molecule has 2 heterocycles. The van der Waals surface area contributed by atoms with E-state index < -0.39 is 5.91 Å². The van der Waals surface area contributed by atoms with Crippen LogP contribution in [-0.4, -0.2) is 35.2 Å². The van der Waals surface area contributed by atoms with E-state index in [0.717, 1.165) is 22.4 Å². The van der Waals surface area contributed by atoms with Crippen molar-refractivity contribution in [2.75, 3.05) is 14.2 Å². The maximum absolute atomic E-state index is 12.4. The van der Waals surface area contributed by atoms with Crippen molar-refractivity contribution >= 4 is 22.4 Å². The van der Waals surface area contributed by atoms with Crippen molar-refractivity contribution in [3.05, 3.63) is 84.4 Å². The number of nitrogens with zero attached hydrogens (tertiary/aromatic N) is 2. The van der Waals surface area contributed by atoms with Crippen LogP contribution in [0.3, 0.4) is 0 Å². The van der Waals surface area contributed by atoms with Crippen molar-refractivity contribution < 1.29 is 14.7 Å². The van der Waals surface area contributed by atoms with E-state index in [0.29, 0.717) is 16.6 Å². The van der Waals surface area contributed by atoms with Crippen molar-refractivity contribution in [3.63, 3.8) is 0 Å². The highest BCUT2D eigenvalue weighted by Crippen LogP contribution is 2.36. The fourth-order valence-electron chi connectivity index (χ4n) is 3.17. The van der Waals surface area contributed by atoms with E-state index in [1.165, 1.54) is 13.3 Å². The van der Waals surface area contributed by atoms with Gasteiger partial charge in [-0.25, -0.2) is 10.5 Å². The number of amides is 1. The van der Waals surface area contributed by atoms with Crippen LogP contribution in [-0.2, 0) is 0 Å². The molecule has 0 bridgehead atoms. The molecule has 0 unspecified atom stereocenters. The minimum Gasteiger partial charge on any atom is -0.494 e. The lowest BCUT2D eigenvalue weighted by molar-refractivity contribution is 0.0705. The summed E-state index contributed by atoms with van der Waals surface area (Å²) >= 11 is 0. The fraction of sp³-hybridized carbons (Fsp3) is 0.125. The number of hydrogen-bond acceptors (Lipinski definition) is 6. The topological polar surface area (TPSA) is 96.4 Å². The molecule has 0 atom stereocenters. The van der Waals surface area contributed by atoms with Gasteiger partial charge in [-0.05, 0) is 30.2 Å². The molecule has 3 aromatic rings. The summed E-state index contributed by atoms with van der Waals surface area (Å²) in [7, 11) is 3.33. The van der Waals surface area contributed by atoms with E-state index in [-0.39, 0.29) is 11.3 Å². The number of benzene rings is 1. The highest BCUT2D eigenvalue weighted by Gasteiger charge is 2.22. The average Bonchev–Trinajstić information content (AvgIpc) is 2.82. The van der Waals surface area contributed by atoms with E-state index >= 15 is 0 Å². The number of ether oxygens (including phenoxy) is 1. The molecule has 7 nitrogen and oxygen atoms in total. The standard InChI is InChI=1S/C24H24N4O3/c1-5-16(7-6-15(2)25-3)17-8-10-18(11-9-17)22-23(31-4)21(24(29)28-30)19-14-26-13-12-20(19)27-22/h5-14,25,30H,1H2,2-4H3,(H,28,29)/b15-6+,16-7+. The first-order chi connectivity index (χ1) is 15.0. The molecule has 0 spiro atoms. The van der Waals surface area contributed by atoms with Crippen LogP contribution in [0.5, 0.6) is 5.75 Å². The highest BCUT2D eigenvalue weighted by atomic mass is 16.5. The third kappa shape index (κ3) is 4.46. The molecule has 2 aromatic heterocycles. The van der Waals surface area contributed by atoms with Gasteiger partial charge >= 0.3 is 0 Å². The van der Waals surface area contributed by atoms with Gasteiger partial charge in [0.2, 0.25) is 0 Å². The average molecular weight is 416 g/mol. The Labute approximate surface area is 180 Å². The van der Waals surface area contributed by atoms with Crippen LogP contribution in [0.4, 0.5) is 0 Å². The lowest BCUT2D eigenvalue weighted by Crippen LogP contribution is -2.20. The third-order valence-electron chi connectivity index (χ3n) is 4.89. The second kappa shape index (κ2) is 9.69. The van der Waals surface area contributed by atoms with Crippen molar-refractivity contribution in [1.29, 1.82) is 0 Å². The normalized spacial score (nSPS) is 11.9. The molecule has 0 aliphatic carbocycles. The molecular weight excluding hydrogens is 392 g/mol. The molecule has 3 rings (SSSR count). The summed E-state index contributed by atoms with van der Waals surface area (Å²) in [6.07, 6.45) is 8.87. The predicted molar refractivity (Wildman–Crippen MR) is 122 cm³/mol. The molecule has 3 N–H and O–H groups in total. The molecule has 0 radical (unpaired) electrons. The number of aromatic nitrogens is 2. The molecule has 1 amide bonds. The number of rotatable bonds is 7. The number of allylic oxidation sites excluding steroid dienone is 5. The minimum atomic E-state index is -0.696. The molecule has 0 saturated carbocycles. The number of nitrogens with one attached hydrogen (secondary N) is 2. The van der Waals surface area contributed by atoms with Crippen LogP contribution in [0.25, 0.3) is 27.7 Å². The Balaban J connectivity index is 2.14. The molecule has 1 aromatic carbocycles. The first-order valence-electron chi connectivity index (χ1n) is 9.59. The second-order valence-electron chi connectivity index (χ2n) is 6.71. The Morgan fingerprint density at radius 3 is 2.55 bits per heavy atom. The Morgan fingerprint density at radius 1 is 1.19 bits per heavy atom. The Morgan fingerprint density at radius 2 is 1.94 bits per heavy atom. The molecule has 0 fully saturated rings. The number of fused-ring (bicyclic) bond motifs is 1. The molecular formula is C24H24N4O3. The Bertz CT molecular complexity index is 1180. The minimum absolute atomic E-state index is 0.168. The zero-order valence-corrected chi connectivity index (χ0v) is 17.6. The first kappa shape index (κ1) is 21.7. The third-order valence-corrected chi connectivity index (χ3v) is 4.89. The monoisotopic (exact) mass is 416 g/mol. The predicted octanol–water partition coefficient (Wildman–Crippen LogP) is 4.12. The molecule has 158 valence electrons. The van der Waals surface area contributed by atoms with E-state index in [9.17, 15) is 10.0 Å². The lowest BCUT2D eigenvalue weighted by atomic mass is 9.99. The summed E-state index contributed by atoms with van der Waals surface area (Å²) in [5.74, 6) is -0.439. The summed E-state index contributed by atoms with van der Waals surface area (Å²) in [5.41, 5.74) is 6.64. The van der Waals surface area contributed by atoms with Crippen LogP contribution in [0.1, 0.15) is 22.8 Å². The van der Waals surface area contributed by atoms with Crippen LogP contribution in [0, 0.1) is 0 Å². The van der Waals surface area contributed by atoms with E-state index in [1.54, 1.807) is 23.8 Å². The van der Waals surface area contributed by atoms with Gasteiger partial charge in [0.05, 0.1) is 18.2 Å². The number of carbonyl (C=O) groups is 1. The Kier molecular flexibility index (Phi) is 6.79. The van der Waals surface area contributed by atoms with Crippen molar-refractivity contribution in [3.8, 4) is 17.0 Å². The largest absolute Gasteiger partial charge is 0.494 e. The number of methoxy groups -OCH3 is 1. The van der Waals surface area contributed by atoms with Crippen LogP contribution in [0.15, 0.2) is 73.2 Å². The fourth-order valence-corrected chi connectivity index (χ4v) is 3.17. The smallest absolute Gasteiger partial charge is 0.279 e. The highest BCUT2D eigenvalue weighted by molar-refractivity contribution is 6.09. The van der Waals surface area contributed by atoms with Gasteiger partial charge in [-0.15, -0.1) is 0 Å². The lowest BCUT2D eigenvalue weighted by Gasteiger charge is -2.15. The second-order valence-corrected chi connectivity index (χ2v) is 6.71. The van der Waals surface area contributed by atoms with Crippen molar-refractivity contribution in [1.82, 2.24) is 20.8 Å². The van der Waals surface area contributed by atoms with Gasteiger partial charge in [-0.2, -0.15) is 0 Å². The number of pyridine rings is 2. The van der Waals surface area contributed by atoms with Crippen molar-refractivity contribution in [2.45, 2.75) is 6.92 Å². The van der Waals surface area contributed by atoms with Crippen LogP contribution < -0.4 is 15.5 Å². The zero-order valence-electron chi connectivity index (χ0n) is 17.6. The summed E-state index contributed by atoms with van der Waals surface area (Å²) in [4.78, 5) is 21.1. The number of hydroxylamine groups is 1. The van der Waals surface area contributed by atoms with E-state index in [2.05, 4.69) is 21.9 Å². The molecule has 0 aliphatic heterocycles. The van der Waals surface area contributed by atoms with Gasteiger partial charge in [0.1, 0.15) is 5.69 Å². The SMILES string of the molecule is C=C/C(=C\C=C(/C)NC)c1ccc(-c2nc3ccncc3c(C(=O)NO)c2OC)cc1. The molecule has 0 saturated heterocycles. The Hall–Kier alpha value is -3.97. The van der Waals surface area contributed by atoms with Gasteiger partial charge < -0.3 is 10.1 Å². The maximum atomic E-state index is 12.4. The first-order valence-corrected chi connectivity index (χ1v) is 9.59. The van der Waals surface area contributed by atoms with E-state index in [1.807, 2.05) is 50.4 Å². The number of hydrogen-bond donors (Lipinski definition) is 3. The molecule has 31 heavy (non-hydrogen) atoms. The summed E-state index contributed by atoms with van der Waals surface area (Å²) in [6.45, 7) is 5.88. The van der Waals surface area contributed by atoms with Gasteiger partial charge in [-0.3, -0.25) is 15.0 Å². The quantitative estimate of drug-likeness (QED) is 0.305. The number of carbonyl (C=O) groups excluding carboxylic acids is 1. The summed E-state index contributed by atoms with van der Waals surface area (Å²) in [5, 5.41) is 12.8. The van der Waals surface area contributed by atoms with E-state index in [4.69, 9.17) is 4.74 Å². The van der Waals surface area contributed by atoms with Gasteiger partial charge in [0.15, 0.2) is 5.75 Å². The summed E-state index contributed by atoms with van der Waals surface area (Å²) < 4.78 is 5.53. The maximum Gasteiger partial charge on any atom is 0.279 e. The van der Waals surface area contributed by atoms with Crippen LogP contribution >= 0.6 is 0 Å². The summed E-state index contributed by atoms with van der Waals surface area (Å²) in [6, 6.07) is 9.42. The van der Waals surface area contributed by atoms with Gasteiger partial charge in [0.25, 0.3) is 5.91 Å². The van der Waals surface area contributed by atoms with Gasteiger partial charge in [0, 0.05) is 36.1 Å².